The zero-order valence-corrected chi connectivity index (χ0v) is 33.2. The van der Waals surface area contributed by atoms with Crippen molar-refractivity contribution in [3.05, 3.63) is 35.9 Å². The van der Waals surface area contributed by atoms with Gasteiger partial charge in [-0.15, -0.1) is 0 Å². The number of cyclic esters (lactones) is 1. The fourth-order valence-electron chi connectivity index (χ4n) is 9.18. The van der Waals surface area contributed by atoms with Crippen LogP contribution in [0.2, 0.25) is 0 Å². The van der Waals surface area contributed by atoms with Crippen molar-refractivity contribution in [2.24, 2.45) is 28.7 Å². The lowest BCUT2D eigenvalue weighted by Gasteiger charge is -2.48. The third-order valence-electron chi connectivity index (χ3n) is 12.1. The van der Waals surface area contributed by atoms with E-state index in [9.17, 15) is 19.2 Å². The topological polar surface area (TPSA) is 142 Å². The number of fused-ring (bicyclic) bond motifs is 1. The summed E-state index contributed by atoms with van der Waals surface area (Å²) in [5.74, 6) is -4.19. The molecule has 13 heteroatoms. The smallest absolute Gasteiger partial charge is 0.410 e. The molecule has 4 aliphatic rings. The molecule has 0 aliphatic carbocycles. The summed E-state index contributed by atoms with van der Waals surface area (Å²) in [5.41, 5.74) is -1.05. The van der Waals surface area contributed by atoms with E-state index < -0.39 is 77.5 Å². The van der Waals surface area contributed by atoms with Crippen LogP contribution < -0.4 is 0 Å². The van der Waals surface area contributed by atoms with E-state index >= 15 is 0 Å². The molecule has 0 spiro atoms. The summed E-state index contributed by atoms with van der Waals surface area (Å²) >= 11 is 0. The van der Waals surface area contributed by atoms with Crippen LogP contribution in [0.4, 0.5) is 4.79 Å². The number of ether oxygens (including phenoxy) is 6. The van der Waals surface area contributed by atoms with Crippen LogP contribution in [0.5, 0.6) is 0 Å². The first-order valence-electron chi connectivity index (χ1n) is 19.0. The standard InChI is InChI=1S/C40H59N3O10/c1-12-29-40(8)33-24(4)30(41-18-19-43(33)38(47)53-40)22(2)21-39(7,48-11)34(25(5)31(44)26(6)35(45)50-29)52-37-32(28(42(9)10)20-23(3)49-37)51-36(46)27-16-14-13-15-17-27/h13-17,22-26,28-29,32-34,37H,12,18-21H2,1-11H3/t22-,23-,24-,25+,26-,28+,29+,32-,33-,34-,37+,39+,40-/m1/s1. The number of hydrogen-bond donors (Lipinski definition) is 0. The maximum absolute atomic E-state index is 14.4. The van der Waals surface area contributed by atoms with Crippen molar-refractivity contribution in [1.29, 1.82) is 0 Å². The number of nitrogens with zero attached hydrogens (tertiary/aromatic N) is 3. The monoisotopic (exact) mass is 741 g/mol. The second-order valence-electron chi connectivity index (χ2n) is 16.0. The summed E-state index contributed by atoms with van der Waals surface area (Å²) in [6, 6.07) is 8.00. The molecule has 4 heterocycles. The van der Waals surface area contributed by atoms with Gasteiger partial charge in [0.1, 0.15) is 12.0 Å². The Morgan fingerprint density at radius 3 is 2.34 bits per heavy atom. The summed E-state index contributed by atoms with van der Waals surface area (Å²) in [6.45, 7) is 15.6. The highest BCUT2D eigenvalue weighted by Gasteiger charge is 2.60. The number of benzene rings is 1. The van der Waals surface area contributed by atoms with Gasteiger partial charge in [0.25, 0.3) is 0 Å². The van der Waals surface area contributed by atoms with Gasteiger partial charge in [-0.3, -0.25) is 19.5 Å². The maximum atomic E-state index is 14.4. The molecule has 0 saturated carbocycles. The van der Waals surface area contributed by atoms with Gasteiger partial charge in [-0.05, 0) is 79.1 Å². The Hall–Kier alpha value is -3.39. The number of esters is 2. The van der Waals surface area contributed by atoms with E-state index in [2.05, 4.69) is 6.92 Å². The Morgan fingerprint density at radius 1 is 1.04 bits per heavy atom. The number of carbonyl (C=O) groups is 4. The Morgan fingerprint density at radius 2 is 1.72 bits per heavy atom. The second-order valence-corrected chi connectivity index (χ2v) is 16.0. The normalized spacial score (nSPS) is 39.8. The first kappa shape index (κ1) is 40.8. The molecule has 0 aromatic heterocycles. The fourth-order valence-corrected chi connectivity index (χ4v) is 9.18. The van der Waals surface area contributed by atoms with Crippen LogP contribution in [-0.2, 0) is 38.0 Å². The zero-order valence-electron chi connectivity index (χ0n) is 33.2. The number of hydrogen-bond acceptors (Lipinski definition) is 12. The summed E-state index contributed by atoms with van der Waals surface area (Å²) in [4.78, 5) is 63.9. The number of amides is 1. The molecule has 3 fully saturated rings. The number of ketones is 1. The Balaban J connectivity index is 1.58. The molecule has 0 unspecified atom stereocenters. The van der Waals surface area contributed by atoms with Crippen molar-refractivity contribution in [3.63, 3.8) is 0 Å². The Labute approximate surface area is 314 Å². The minimum atomic E-state index is -1.18. The van der Waals surface area contributed by atoms with Crippen molar-refractivity contribution in [2.75, 3.05) is 34.3 Å². The third kappa shape index (κ3) is 7.90. The van der Waals surface area contributed by atoms with E-state index in [-0.39, 0.29) is 24.0 Å². The van der Waals surface area contributed by atoms with Crippen LogP contribution in [0.15, 0.2) is 35.3 Å². The van der Waals surface area contributed by atoms with Gasteiger partial charge in [0, 0.05) is 31.2 Å². The highest BCUT2D eigenvalue weighted by molar-refractivity contribution is 6.00. The molecule has 1 amide bonds. The number of aliphatic imine (C=N–C) groups is 1. The van der Waals surface area contributed by atoms with E-state index in [1.165, 1.54) is 6.92 Å². The van der Waals surface area contributed by atoms with Gasteiger partial charge in [-0.2, -0.15) is 0 Å². The van der Waals surface area contributed by atoms with Gasteiger partial charge in [-0.25, -0.2) is 9.59 Å². The van der Waals surface area contributed by atoms with Crippen molar-refractivity contribution in [2.45, 2.75) is 129 Å². The van der Waals surface area contributed by atoms with E-state index in [0.717, 1.165) is 5.71 Å². The number of methoxy groups -OCH3 is 1. The minimum absolute atomic E-state index is 0.196. The van der Waals surface area contributed by atoms with Crippen molar-refractivity contribution in [3.8, 4) is 0 Å². The van der Waals surface area contributed by atoms with Crippen LogP contribution in [0.3, 0.4) is 0 Å². The fraction of sp³-hybridized carbons (Fsp3) is 0.725. The number of Topliss-reactive ketones (excluding diaryl/α,β-unsaturated/α-hetero) is 1. The average molecular weight is 742 g/mol. The van der Waals surface area contributed by atoms with Gasteiger partial charge in [0.2, 0.25) is 0 Å². The van der Waals surface area contributed by atoms with Crippen LogP contribution in [0, 0.1) is 23.7 Å². The Bertz CT molecular complexity index is 1540. The summed E-state index contributed by atoms with van der Waals surface area (Å²) < 4.78 is 38.1. The number of rotatable bonds is 7. The lowest BCUT2D eigenvalue weighted by molar-refractivity contribution is -0.294. The quantitative estimate of drug-likeness (QED) is 0.213. The highest BCUT2D eigenvalue weighted by atomic mass is 16.7. The predicted molar refractivity (Wildman–Crippen MR) is 196 cm³/mol. The molecule has 4 aliphatic heterocycles. The molecule has 13 atom stereocenters. The highest BCUT2D eigenvalue weighted by Crippen LogP contribution is 2.44. The van der Waals surface area contributed by atoms with Gasteiger partial charge in [0.15, 0.2) is 23.8 Å². The molecule has 5 rings (SSSR count). The second kappa shape index (κ2) is 16.1. The summed E-state index contributed by atoms with van der Waals surface area (Å²) in [7, 11) is 5.41. The molecule has 294 valence electrons. The molecular formula is C40H59N3O10. The SMILES string of the molecule is CC[C@@H]1OC(=O)[C@H](C)C(=O)[C@H](C)[C@@H](O[C@@H]2O[C@H](C)C[C@H](N(C)C)[C@H]2OC(=O)c2ccccc2)[C@@](C)(OC)C[C@@H](C)C2=NCCN3C(=O)O[C@@]1(C)[C@H]3[C@@H]2C. The molecule has 53 heavy (non-hydrogen) atoms. The molecule has 1 aromatic carbocycles. The van der Waals surface area contributed by atoms with Crippen molar-refractivity contribution in [1.82, 2.24) is 9.80 Å². The molecule has 2 bridgehead atoms. The van der Waals surface area contributed by atoms with E-state index in [1.54, 1.807) is 43.2 Å². The lowest BCUT2D eigenvalue weighted by Crippen LogP contribution is -2.60. The molecular weight excluding hydrogens is 682 g/mol. The van der Waals surface area contributed by atoms with Crippen LogP contribution >= 0.6 is 0 Å². The van der Waals surface area contributed by atoms with E-state index in [1.807, 2.05) is 59.7 Å². The van der Waals surface area contributed by atoms with Crippen molar-refractivity contribution >= 4 is 29.5 Å². The zero-order chi connectivity index (χ0) is 39.0. The molecule has 0 N–H and O–H groups in total. The first-order valence-corrected chi connectivity index (χ1v) is 19.0. The van der Waals surface area contributed by atoms with Crippen LogP contribution in [0.1, 0.15) is 85.0 Å². The van der Waals surface area contributed by atoms with Crippen molar-refractivity contribution < 1.29 is 47.6 Å². The van der Waals surface area contributed by atoms with Gasteiger partial charge in [-0.1, -0.05) is 45.9 Å². The van der Waals surface area contributed by atoms with Crippen LogP contribution in [-0.4, -0.2) is 128 Å². The molecule has 1 aromatic rings. The van der Waals surface area contributed by atoms with Gasteiger partial charge in [0.05, 0.1) is 42.0 Å². The molecule has 0 radical (unpaired) electrons. The minimum Gasteiger partial charge on any atom is -0.458 e. The molecule has 3 saturated heterocycles. The molecule has 13 nitrogen and oxygen atoms in total. The van der Waals surface area contributed by atoms with E-state index in [4.69, 9.17) is 33.4 Å². The Kier molecular flexibility index (Phi) is 12.4. The first-order chi connectivity index (χ1) is 25.0. The third-order valence-corrected chi connectivity index (χ3v) is 12.1. The maximum Gasteiger partial charge on any atom is 0.410 e. The lowest BCUT2D eigenvalue weighted by atomic mass is 9.73. The number of carbonyl (C=O) groups excluding carboxylic acids is 4. The van der Waals surface area contributed by atoms with Gasteiger partial charge < -0.3 is 33.3 Å². The number of likely N-dealkylation sites (N-methyl/N-ethyl adjacent to an activating group) is 1. The van der Waals surface area contributed by atoms with Gasteiger partial charge >= 0.3 is 18.0 Å². The predicted octanol–water partition coefficient (Wildman–Crippen LogP) is 4.94. The summed E-state index contributed by atoms with van der Waals surface area (Å²) in [6.07, 6.45) is -3.17. The van der Waals surface area contributed by atoms with E-state index in [0.29, 0.717) is 37.9 Å². The average Bonchev–Trinajstić information content (AvgIpc) is 3.25. The summed E-state index contributed by atoms with van der Waals surface area (Å²) in [5, 5.41) is 0. The largest absolute Gasteiger partial charge is 0.458 e. The van der Waals surface area contributed by atoms with Crippen LogP contribution in [0.25, 0.3) is 0 Å².